The zero-order valence-electron chi connectivity index (χ0n) is 87.3. The van der Waals surface area contributed by atoms with E-state index >= 15 is 0 Å². The molecule has 4 aromatic rings. The van der Waals surface area contributed by atoms with Crippen LogP contribution in [0.3, 0.4) is 0 Å². The first-order valence-corrected chi connectivity index (χ1v) is 50.2. The largest absolute Gasteiger partial charge is 0.493 e. The smallest absolute Gasteiger partial charge is 0.416 e. The summed E-state index contributed by atoms with van der Waals surface area (Å²) in [5.41, 5.74) is 5.89. The van der Waals surface area contributed by atoms with Crippen LogP contribution in [-0.4, -0.2) is 318 Å². The molecule has 9 amide bonds. The molecule has 5 N–H and O–H groups in total. The van der Waals surface area contributed by atoms with E-state index in [0.29, 0.717) is 185 Å². The van der Waals surface area contributed by atoms with Crippen molar-refractivity contribution in [3.05, 3.63) is 130 Å². The summed E-state index contributed by atoms with van der Waals surface area (Å²) in [6, 6.07) is 18.0. The Morgan fingerprint density at radius 2 is 0.841 bits per heavy atom. The third-order valence-corrected chi connectivity index (χ3v) is 24.4. The van der Waals surface area contributed by atoms with E-state index in [1.165, 1.54) is 36.2 Å². The van der Waals surface area contributed by atoms with Crippen molar-refractivity contribution < 1.29 is 148 Å². The molecule has 5 heterocycles. The number of rotatable bonds is 64. The second-order valence-electron chi connectivity index (χ2n) is 36.7. The number of imide groups is 1. The van der Waals surface area contributed by atoms with Crippen molar-refractivity contribution in [2.75, 3.05) is 190 Å². The molecule has 39 heteroatoms. The average Bonchev–Trinajstić information content (AvgIpc) is 1.60. The molecule has 1 fully saturated rings. The highest BCUT2D eigenvalue weighted by atomic mass is 16.6. The summed E-state index contributed by atoms with van der Waals surface area (Å²) in [4.78, 5) is 173. The number of aryl methyl sites for hydroxylation is 1. The first-order valence-electron chi connectivity index (χ1n) is 50.2. The molecule has 0 bridgehead atoms. The topological polar surface area (TPSA) is 462 Å². The van der Waals surface area contributed by atoms with E-state index in [1.54, 1.807) is 83.6 Å². The Bertz CT molecular complexity index is 4870. The summed E-state index contributed by atoms with van der Waals surface area (Å²) in [5, 5.41) is 31.0. The van der Waals surface area contributed by atoms with Gasteiger partial charge in [0.2, 0.25) is 29.5 Å². The number of carbonyl (C=O) groups excluding carboxylic acids is 13. The number of methoxy groups -OCH3 is 3. The SMILES string of the molecule is CCCCOc1cc2c(cc1OC)C(=O)N1C=C(C)C[C@H]1[C@H](O)N2C(=O)OCC.CCCOc1cc2c(cc1OC)C(=O)N1C=C(C)C[C@H]1[C@H](O)N2C(=O)OCc1ccc(CC(=O)[C@H](C)NC(=O)[C@@H](CC(=O)CCOCCOCCOCCOCCOCCOCCOCCOCCNC(=O)CCN2C(=O)CC(C)C2=O)C(C)C)cc1.COCCOCCC(=O)C[C@H](C(=O)N[C@@H](C)C(=O)Cc1ccc(C)cc1)C(C)C. The molecule has 0 saturated carbocycles. The molecule has 5 aliphatic heterocycles. The number of Topliss-reactive ketones (excluding diaryl/α,β-unsaturated/α-hetero) is 4. The second-order valence-corrected chi connectivity index (χ2v) is 36.7. The maximum Gasteiger partial charge on any atom is 0.416 e. The van der Waals surface area contributed by atoms with Gasteiger partial charge in [-0.05, 0) is 108 Å². The van der Waals surface area contributed by atoms with Crippen LogP contribution in [0.5, 0.6) is 23.0 Å². The third kappa shape index (κ3) is 39.5. The van der Waals surface area contributed by atoms with Gasteiger partial charge in [-0.15, -0.1) is 0 Å². The van der Waals surface area contributed by atoms with Crippen molar-refractivity contribution in [1.29, 1.82) is 0 Å². The quantitative estimate of drug-likeness (QED) is 0.0202. The molecule has 1 unspecified atom stereocenters. The molecule has 0 aromatic heterocycles. The van der Waals surface area contributed by atoms with Crippen LogP contribution in [0.1, 0.15) is 197 Å². The minimum absolute atomic E-state index is 0.00373. The summed E-state index contributed by atoms with van der Waals surface area (Å²) in [5.74, 6) is -2.69. The van der Waals surface area contributed by atoms with Crippen LogP contribution in [-0.2, 0) is 119 Å². The molecule has 0 aliphatic carbocycles. The van der Waals surface area contributed by atoms with Crippen LogP contribution in [0.25, 0.3) is 0 Å². The number of likely N-dealkylation sites (tertiary alicyclic amines) is 1. The van der Waals surface area contributed by atoms with Crippen LogP contribution >= 0.6 is 0 Å². The fourth-order valence-electron chi connectivity index (χ4n) is 16.0. The normalized spacial score (nSPS) is 17.1. The lowest BCUT2D eigenvalue weighted by Crippen LogP contribution is -2.50. The summed E-state index contributed by atoms with van der Waals surface area (Å²) in [6.45, 7) is 32.2. The van der Waals surface area contributed by atoms with Gasteiger partial charge in [-0.1, -0.05) is 120 Å². The molecule has 0 radical (unpaired) electrons. The van der Waals surface area contributed by atoms with Gasteiger partial charge in [0, 0.05) is 114 Å². The Hall–Kier alpha value is -11.2. The van der Waals surface area contributed by atoms with Crippen molar-refractivity contribution in [2.45, 2.75) is 217 Å². The lowest BCUT2D eigenvalue weighted by Gasteiger charge is -2.31. The number of aliphatic hydroxyl groups is 2. The molecule has 9 atom stereocenters. The predicted molar refractivity (Wildman–Crippen MR) is 536 cm³/mol. The van der Waals surface area contributed by atoms with Crippen molar-refractivity contribution in [3.8, 4) is 23.0 Å². The molecule has 4 aromatic carbocycles. The number of nitrogens with zero attached hydrogens (tertiary/aromatic N) is 5. The zero-order chi connectivity index (χ0) is 106. The molecular weight excluding hydrogens is 1880 g/mol. The van der Waals surface area contributed by atoms with Crippen molar-refractivity contribution in [2.24, 2.45) is 29.6 Å². The predicted octanol–water partition coefficient (Wildman–Crippen LogP) is 10.5. The molecule has 804 valence electrons. The van der Waals surface area contributed by atoms with Crippen LogP contribution < -0.4 is 44.7 Å². The number of benzene rings is 4. The highest BCUT2D eigenvalue weighted by Gasteiger charge is 2.48. The first-order chi connectivity index (χ1) is 69.6. The molecule has 145 heavy (non-hydrogen) atoms. The van der Waals surface area contributed by atoms with E-state index < -0.39 is 66.6 Å². The molecule has 0 spiro atoms. The lowest BCUT2D eigenvalue weighted by molar-refractivity contribution is -0.139. The van der Waals surface area contributed by atoms with Gasteiger partial charge in [-0.2, -0.15) is 0 Å². The van der Waals surface area contributed by atoms with Crippen LogP contribution in [0.4, 0.5) is 21.0 Å². The van der Waals surface area contributed by atoms with Gasteiger partial charge in [0.25, 0.3) is 11.8 Å². The van der Waals surface area contributed by atoms with E-state index in [4.69, 9.17) is 75.8 Å². The molecule has 1 saturated heterocycles. The zero-order valence-corrected chi connectivity index (χ0v) is 87.3. The van der Waals surface area contributed by atoms with Gasteiger partial charge in [-0.3, -0.25) is 57.6 Å². The Morgan fingerprint density at radius 1 is 0.448 bits per heavy atom. The molecular formula is C106H154N8O31. The van der Waals surface area contributed by atoms with Crippen LogP contribution in [0, 0.1) is 36.5 Å². The number of nitrogens with one attached hydrogen (secondary N) is 3. The summed E-state index contributed by atoms with van der Waals surface area (Å²) in [7, 11) is 4.54. The summed E-state index contributed by atoms with van der Waals surface area (Å²) in [6.07, 6.45) is 3.51. The monoisotopic (exact) mass is 2040 g/mol. The number of unbranched alkanes of at least 4 members (excludes halogenated alkanes) is 1. The number of amides is 9. The number of aliphatic hydroxyl groups excluding tert-OH is 2. The van der Waals surface area contributed by atoms with E-state index in [1.807, 2.05) is 79.7 Å². The van der Waals surface area contributed by atoms with Crippen LogP contribution in [0.2, 0.25) is 0 Å². The molecule has 5 aliphatic rings. The molecule has 39 nitrogen and oxygen atoms in total. The average molecular weight is 2040 g/mol. The van der Waals surface area contributed by atoms with Crippen molar-refractivity contribution in [3.63, 3.8) is 0 Å². The fourth-order valence-corrected chi connectivity index (χ4v) is 16.0. The maximum atomic E-state index is 13.9. The van der Waals surface area contributed by atoms with Crippen molar-refractivity contribution >= 4 is 88.0 Å². The van der Waals surface area contributed by atoms with E-state index in [0.717, 1.165) is 49.8 Å². The van der Waals surface area contributed by atoms with Crippen LogP contribution in [0.15, 0.2) is 96.3 Å². The standard InChI is InChI=1S/C62H91N5O20.C23H35NO5.C21H28N2O6/c1-8-17-86-55-39-51-50(38-54(55)77-7)60(74)66-40-43(4)34-52(66)61(75)67(51)62(76)87-41-47-11-9-46(10-12-47)36-53(69)45(6)64-58(72)49(42(2)3)37-48(68)14-18-78-20-22-80-24-26-82-28-30-84-32-33-85-31-29-83-27-25-81-23-21-79-19-15-63-56(70)13-16-65-57(71)35-44(5)59(65)73;1-16(2)21(15-20(25)10-11-29-13-12-28-5)23(27)24-18(4)22(26)14-19-8-6-17(3)7-9-19;1-5-7-8-29-18-11-15-14(10-17(18)27-4)19(24)22-12-13(3)9-16(22)20(25)23(15)21(26)28-6-2/h9-12,38-40,42,44-45,49,52,61,75H,8,13-37,41H2,1-7H3,(H,63,70)(H,64,72);6-9,16,18,21H,10-15H2,1-5H3,(H,24,27);10-12,16,20,25H,5-9H2,1-4H3/t44?,45-,49-,52-,61-;18-,21-;16-,20-/m000/s1. The number of ether oxygens (including phenoxy) is 16. The second kappa shape index (κ2) is 64.7. The van der Waals surface area contributed by atoms with E-state index in [-0.39, 0.29) is 183 Å². The van der Waals surface area contributed by atoms with Crippen molar-refractivity contribution in [1.82, 2.24) is 30.7 Å². The first kappa shape index (κ1) is 121. The highest BCUT2D eigenvalue weighted by molar-refractivity contribution is 6.08. The number of hydrogen-bond donors (Lipinski definition) is 5. The van der Waals surface area contributed by atoms with Gasteiger partial charge in [0.05, 0.1) is 206 Å². The highest BCUT2D eigenvalue weighted by Crippen LogP contribution is 2.45. The number of anilines is 2. The van der Waals surface area contributed by atoms with E-state index in [2.05, 4.69) is 22.9 Å². The van der Waals surface area contributed by atoms with Gasteiger partial charge in [0.15, 0.2) is 47.0 Å². The number of ketones is 4. The summed E-state index contributed by atoms with van der Waals surface area (Å²) >= 11 is 0. The van der Waals surface area contributed by atoms with Gasteiger partial charge in [0.1, 0.15) is 18.2 Å². The summed E-state index contributed by atoms with van der Waals surface area (Å²) < 4.78 is 87.9. The van der Waals surface area contributed by atoms with Gasteiger partial charge >= 0.3 is 12.2 Å². The fraction of sp³-hybridized carbons (Fsp3) is 0.613. The minimum Gasteiger partial charge on any atom is -0.493 e. The lowest BCUT2D eigenvalue weighted by atomic mass is 9.88. The number of hydrogen-bond acceptors (Lipinski definition) is 31. The Balaban J connectivity index is 0.000000394. The Labute approximate surface area is 851 Å². The Kier molecular flexibility index (Phi) is 53.9. The van der Waals surface area contributed by atoms with Gasteiger partial charge in [-0.25, -0.2) is 19.4 Å². The Morgan fingerprint density at radius 3 is 1.23 bits per heavy atom. The third-order valence-electron chi connectivity index (χ3n) is 24.4. The maximum absolute atomic E-state index is 13.9. The number of fused-ring (bicyclic) bond motifs is 4. The molecule has 9 rings (SSSR count). The van der Waals surface area contributed by atoms with Gasteiger partial charge < -0.3 is 112 Å². The number of carbonyl (C=O) groups is 13. The minimum atomic E-state index is -1.44. The van der Waals surface area contributed by atoms with E-state index in [9.17, 15) is 72.5 Å².